The van der Waals surface area contributed by atoms with E-state index in [0.717, 1.165) is 22.4 Å². The van der Waals surface area contributed by atoms with Gasteiger partial charge in [0, 0.05) is 18.8 Å². The fourth-order valence-corrected chi connectivity index (χ4v) is 2.79. The third kappa shape index (κ3) is 2.74. The molecule has 1 aromatic heterocycles. The number of pyridine rings is 1. The van der Waals surface area contributed by atoms with Crippen molar-refractivity contribution < 1.29 is 4.79 Å². The summed E-state index contributed by atoms with van der Waals surface area (Å²) in [4.78, 5) is 17.9. The molecule has 0 aliphatic carbocycles. The molecule has 0 unspecified atom stereocenters. The van der Waals surface area contributed by atoms with Crippen molar-refractivity contribution in [2.24, 2.45) is 0 Å². The zero-order valence-electron chi connectivity index (χ0n) is 13.6. The van der Waals surface area contributed by atoms with Gasteiger partial charge in [-0.3, -0.25) is 20.1 Å². The maximum absolute atomic E-state index is 12.1. The molecule has 120 valence electrons. The molecule has 2 aromatic rings. The second-order valence-electron chi connectivity index (χ2n) is 6.09. The van der Waals surface area contributed by atoms with Crippen molar-refractivity contribution in [3.8, 4) is 23.5 Å². The quantitative estimate of drug-likeness (QED) is 0.835. The Hall–Kier alpha value is -3.13. The minimum atomic E-state index is -0.708. The molecule has 1 atom stereocenters. The first-order valence-electron chi connectivity index (χ1n) is 7.60. The van der Waals surface area contributed by atoms with Crippen molar-refractivity contribution in [2.45, 2.75) is 18.9 Å². The number of carbonyl (C=O) groups excluding carboxylic acids is 1. The summed E-state index contributed by atoms with van der Waals surface area (Å²) >= 11 is 0. The van der Waals surface area contributed by atoms with Crippen molar-refractivity contribution in [1.82, 2.24) is 15.2 Å². The van der Waals surface area contributed by atoms with Gasteiger partial charge in [0.15, 0.2) is 5.96 Å². The third-order valence-electron chi connectivity index (χ3n) is 4.30. The van der Waals surface area contributed by atoms with Gasteiger partial charge in [0.1, 0.15) is 0 Å². The van der Waals surface area contributed by atoms with Crippen molar-refractivity contribution in [2.75, 3.05) is 7.05 Å². The summed E-state index contributed by atoms with van der Waals surface area (Å²) in [6.07, 6.45) is 7.43. The van der Waals surface area contributed by atoms with E-state index in [1.54, 1.807) is 13.2 Å². The van der Waals surface area contributed by atoms with E-state index < -0.39 is 5.54 Å². The molecule has 1 aliphatic heterocycles. The molecule has 1 fully saturated rings. The number of amides is 1. The number of benzene rings is 1. The average Bonchev–Trinajstić information content (AvgIpc) is 2.60. The molecule has 2 heterocycles. The third-order valence-corrected chi connectivity index (χ3v) is 4.30. The molecular weight excluding hydrogens is 300 g/mol. The Bertz CT molecular complexity index is 848. The molecular formula is C19H18N4O. The summed E-state index contributed by atoms with van der Waals surface area (Å²) < 4.78 is 0. The summed E-state index contributed by atoms with van der Waals surface area (Å²) in [5.74, 6) is 2.60. The lowest BCUT2D eigenvalue weighted by molar-refractivity contribution is -0.129. The minimum Gasteiger partial charge on any atom is -0.345 e. The summed E-state index contributed by atoms with van der Waals surface area (Å²) in [6.45, 7) is 1.89. The standard InChI is InChI=1S/C19H18N4O/c1-4-13-6-5-7-14(10-13)15-8-9-21-16(11-15)19(2)12-17(24)23(3)18(20)22-19/h1,5-11H,12H2,2-3H3,(H2,20,22)/t19-/m0/s1. The molecule has 0 bridgehead atoms. The van der Waals surface area contributed by atoms with Crippen molar-refractivity contribution in [1.29, 1.82) is 5.41 Å². The lowest BCUT2D eigenvalue weighted by Gasteiger charge is -2.38. The van der Waals surface area contributed by atoms with Crippen LogP contribution in [-0.4, -0.2) is 28.8 Å². The number of rotatable bonds is 2. The Morgan fingerprint density at radius 2 is 2.08 bits per heavy atom. The fraction of sp³-hybridized carbons (Fsp3) is 0.211. The van der Waals surface area contributed by atoms with Crippen LogP contribution in [0.1, 0.15) is 24.6 Å². The highest BCUT2D eigenvalue weighted by molar-refractivity contribution is 5.98. The van der Waals surface area contributed by atoms with E-state index in [1.807, 2.05) is 43.3 Å². The highest BCUT2D eigenvalue weighted by Crippen LogP contribution is 2.30. The molecule has 1 aromatic carbocycles. The smallest absolute Gasteiger partial charge is 0.231 e. The predicted molar refractivity (Wildman–Crippen MR) is 93.2 cm³/mol. The Kier molecular flexibility index (Phi) is 3.82. The number of nitrogens with one attached hydrogen (secondary N) is 2. The van der Waals surface area contributed by atoms with Gasteiger partial charge in [0.2, 0.25) is 5.91 Å². The maximum atomic E-state index is 12.1. The molecule has 1 amide bonds. The van der Waals surface area contributed by atoms with Gasteiger partial charge < -0.3 is 5.32 Å². The van der Waals surface area contributed by atoms with E-state index in [1.165, 1.54) is 4.90 Å². The van der Waals surface area contributed by atoms with Gasteiger partial charge in [0.05, 0.1) is 17.7 Å². The Labute approximate surface area is 141 Å². The number of hydrogen-bond donors (Lipinski definition) is 2. The number of hydrogen-bond acceptors (Lipinski definition) is 3. The molecule has 1 saturated heterocycles. The highest BCUT2D eigenvalue weighted by Gasteiger charge is 2.39. The van der Waals surface area contributed by atoms with Crippen LogP contribution < -0.4 is 5.32 Å². The van der Waals surface area contributed by atoms with Gasteiger partial charge in [0.25, 0.3) is 0 Å². The summed E-state index contributed by atoms with van der Waals surface area (Å²) in [5, 5.41) is 11.0. The van der Waals surface area contributed by atoms with E-state index in [4.69, 9.17) is 11.8 Å². The topological polar surface area (TPSA) is 69.1 Å². The Balaban J connectivity index is 2.00. The zero-order valence-corrected chi connectivity index (χ0v) is 13.6. The SMILES string of the molecule is C#Cc1cccc(-c2ccnc([C@]3(C)CC(=O)N(C)C(=N)N3)c2)c1. The first-order chi connectivity index (χ1) is 11.4. The van der Waals surface area contributed by atoms with Crippen LogP contribution >= 0.6 is 0 Å². The van der Waals surface area contributed by atoms with E-state index in [0.29, 0.717) is 0 Å². The summed E-state index contributed by atoms with van der Waals surface area (Å²) in [7, 11) is 1.59. The molecule has 0 spiro atoms. The van der Waals surface area contributed by atoms with Crippen LogP contribution in [0.2, 0.25) is 0 Å². The molecule has 24 heavy (non-hydrogen) atoms. The maximum Gasteiger partial charge on any atom is 0.231 e. The monoisotopic (exact) mass is 318 g/mol. The van der Waals surface area contributed by atoms with Gasteiger partial charge in [-0.05, 0) is 42.3 Å². The van der Waals surface area contributed by atoms with Crippen molar-refractivity contribution in [3.05, 3.63) is 53.9 Å². The van der Waals surface area contributed by atoms with Crippen LogP contribution in [0.5, 0.6) is 0 Å². The first kappa shape index (κ1) is 15.8. The number of carbonyl (C=O) groups is 1. The van der Waals surface area contributed by atoms with Gasteiger partial charge in [-0.2, -0.15) is 0 Å². The van der Waals surface area contributed by atoms with Crippen molar-refractivity contribution >= 4 is 11.9 Å². The average molecular weight is 318 g/mol. The lowest BCUT2D eigenvalue weighted by Crippen LogP contribution is -2.58. The normalized spacial score (nSPS) is 20.5. The molecule has 0 saturated carbocycles. The molecule has 5 heteroatoms. The molecule has 0 radical (unpaired) electrons. The first-order valence-corrected chi connectivity index (χ1v) is 7.60. The largest absolute Gasteiger partial charge is 0.345 e. The van der Waals surface area contributed by atoms with Crippen LogP contribution in [0.15, 0.2) is 42.6 Å². The molecule has 3 rings (SSSR count). The van der Waals surface area contributed by atoms with Crippen LogP contribution in [0.25, 0.3) is 11.1 Å². The number of terminal acetylenes is 1. The molecule has 2 N–H and O–H groups in total. The van der Waals surface area contributed by atoms with Gasteiger partial charge in [-0.15, -0.1) is 6.42 Å². The molecule has 1 aliphatic rings. The Morgan fingerprint density at radius 1 is 1.33 bits per heavy atom. The van der Waals surface area contributed by atoms with Crippen LogP contribution in [0, 0.1) is 17.8 Å². The zero-order chi connectivity index (χ0) is 17.3. The van der Waals surface area contributed by atoms with Gasteiger partial charge >= 0.3 is 0 Å². The summed E-state index contributed by atoms with van der Waals surface area (Å²) in [5.41, 5.74) is 2.79. The van der Waals surface area contributed by atoms with Crippen LogP contribution in [0.4, 0.5) is 0 Å². The van der Waals surface area contributed by atoms with Crippen molar-refractivity contribution in [3.63, 3.8) is 0 Å². The number of aromatic nitrogens is 1. The fourth-order valence-electron chi connectivity index (χ4n) is 2.79. The summed E-state index contributed by atoms with van der Waals surface area (Å²) in [6, 6.07) is 11.6. The van der Waals surface area contributed by atoms with E-state index in [2.05, 4.69) is 16.2 Å². The predicted octanol–water partition coefficient (Wildman–Crippen LogP) is 2.33. The second-order valence-corrected chi connectivity index (χ2v) is 6.09. The van der Waals surface area contributed by atoms with Crippen LogP contribution in [0.3, 0.4) is 0 Å². The van der Waals surface area contributed by atoms with Crippen LogP contribution in [-0.2, 0) is 10.3 Å². The van der Waals surface area contributed by atoms with E-state index in [-0.39, 0.29) is 18.3 Å². The minimum absolute atomic E-state index is 0.0790. The highest BCUT2D eigenvalue weighted by atomic mass is 16.2. The molecule has 5 nitrogen and oxygen atoms in total. The van der Waals surface area contributed by atoms with E-state index >= 15 is 0 Å². The van der Waals surface area contributed by atoms with E-state index in [9.17, 15) is 4.79 Å². The van der Waals surface area contributed by atoms with Gasteiger partial charge in [-0.1, -0.05) is 18.1 Å². The second kappa shape index (κ2) is 5.82. The lowest BCUT2D eigenvalue weighted by atomic mass is 9.89. The Morgan fingerprint density at radius 3 is 2.79 bits per heavy atom. The van der Waals surface area contributed by atoms with Gasteiger partial charge in [-0.25, -0.2) is 0 Å². The number of guanidine groups is 1. The number of nitrogens with zero attached hydrogens (tertiary/aromatic N) is 2.